The number of nitrogens with one attached hydrogen (secondary N) is 2. The van der Waals surface area contributed by atoms with Crippen LogP contribution in [0, 0.1) is 0 Å². The molecule has 4 heterocycles. The van der Waals surface area contributed by atoms with Crippen molar-refractivity contribution in [3.8, 4) is 11.4 Å². The molecule has 0 amide bonds. The molecule has 3 aromatic heterocycles. The van der Waals surface area contributed by atoms with Gasteiger partial charge in [0.05, 0.1) is 41.4 Å². The fourth-order valence-electron chi connectivity index (χ4n) is 3.54. The molecular formula is C20H25N5O3S. The van der Waals surface area contributed by atoms with Gasteiger partial charge in [-0.1, -0.05) is 0 Å². The summed E-state index contributed by atoms with van der Waals surface area (Å²) >= 11 is 0. The summed E-state index contributed by atoms with van der Waals surface area (Å²) < 4.78 is 29.2. The monoisotopic (exact) mass is 415 g/mol. The van der Waals surface area contributed by atoms with Crippen LogP contribution < -0.4 is 10.2 Å². The minimum absolute atomic E-state index is 0.0292. The molecule has 1 aliphatic heterocycles. The number of aromatic amines is 1. The first-order valence-corrected chi connectivity index (χ1v) is 11.6. The van der Waals surface area contributed by atoms with Crippen molar-refractivity contribution in [2.45, 2.75) is 12.3 Å². The third kappa shape index (κ3) is 4.75. The molecule has 3 aromatic rings. The molecule has 0 saturated carbocycles. The average Bonchev–Trinajstić information content (AvgIpc) is 3.09. The van der Waals surface area contributed by atoms with E-state index >= 15 is 0 Å². The molecule has 0 atom stereocenters. The fraction of sp³-hybridized carbons (Fsp3) is 0.400. The van der Waals surface area contributed by atoms with E-state index in [0.717, 1.165) is 47.9 Å². The molecule has 2 N–H and O–H groups in total. The van der Waals surface area contributed by atoms with E-state index in [-0.39, 0.29) is 5.75 Å². The highest BCUT2D eigenvalue weighted by molar-refractivity contribution is 7.89. The van der Waals surface area contributed by atoms with Gasteiger partial charge in [0.1, 0.15) is 5.82 Å². The van der Waals surface area contributed by atoms with E-state index in [1.54, 1.807) is 0 Å². The number of ether oxygens (including phenoxy) is 1. The summed E-state index contributed by atoms with van der Waals surface area (Å²) in [5, 5.41) is 3.12. The van der Waals surface area contributed by atoms with Gasteiger partial charge in [0, 0.05) is 31.6 Å². The number of sulfone groups is 1. The Hall–Kier alpha value is -2.49. The van der Waals surface area contributed by atoms with Crippen LogP contribution in [0.4, 0.5) is 5.82 Å². The number of nitrogens with zero attached hydrogens (tertiary/aromatic N) is 3. The van der Waals surface area contributed by atoms with Gasteiger partial charge in [-0.25, -0.2) is 18.4 Å². The maximum Gasteiger partial charge on any atom is 0.151 e. The van der Waals surface area contributed by atoms with Gasteiger partial charge in [0.15, 0.2) is 9.84 Å². The molecule has 1 saturated heterocycles. The molecule has 0 aliphatic carbocycles. The summed E-state index contributed by atoms with van der Waals surface area (Å²) in [6.45, 7) is 3.46. The second kappa shape index (κ2) is 8.10. The number of hydrogen-bond donors (Lipinski definition) is 2. The Bertz CT molecular complexity index is 1120. The van der Waals surface area contributed by atoms with E-state index in [2.05, 4.69) is 15.2 Å². The number of aromatic nitrogens is 3. The molecular weight excluding hydrogens is 390 g/mol. The number of H-pyrrole nitrogens is 1. The van der Waals surface area contributed by atoms with Crippen LogP contribution in [0.1, 0.15) is 11.3 Å². The third-order valence-corrected chi connectivity index (χ3v) is 5.65. The lowest BCUT2D eigenvalue weighted by atomic mass is 10.1. The van der Waals surface area contributed by atoms with Crippen molar-refractivity contribution in [2.75, 3.05) is 44.5 Å². The number of hydrogen-bond acceptors (Lipinski definition) is 7. The quantitative estimate of drug-likeness (QED) is 0.632. The van der Waals surface area contributed by atoms with Crippen LogP contribution in [0.2, 0.25) is 0 Å². The van der Waals surface area contributed by atoms with Crippen molar-refractivity contribution < 1.29 is 13.2 Å². The zero-order valence-electron chi connectivity index (χ0n) is 16.6. The summed E-state index contributed by atoms with van der Waals surface area (Å²) in [5.74, 6) is 0.731. The number of pyridine rings is 2. The first-order chi connectivity index (χ1) is 13.9. The van der Waals surface area contributed by atoms with Gasteiger partial charge >= 0.3 is 0 Å². The molecule has 0 aromatic carbocycles. The fourth-order valence-corrected chi connectivity index (χ4v) is 4.31. The Kier molecular flexibility index (Phi) is 5.53. The predicted molar refractivity (Wildman–Crippen MR) is 114 cm³/mol. The van der Waals surface area contributed by atoms with Gasteiger partial charge in [0.2, 0.25) is 0 Å². The molecule has 0 spiro atoms. The molecule has 1 aliphatic rings. The van der Waals surface area contributed by atoms with Crippen molar-refractivity contribution >= 4 is 26.7 Å². The molecule has 8 nitrogen and oxygen atoms in total. The third-order valence-electron chi connectivity index (χ3n) is 4.80. The zero-order chi connectivity index (χ0) is 20.4. The van der Waals surface area contributed by atoms with Crippen molar-refractivity contribution in [2.24, 2.45) is 0 Å². The number of rotatable bonds is 6. The maximum absolute atomic E-state index is 11.9. The zero-order valence-corrected chi connectivity index (χ0v) is 17.4. The average molecular weight is 416 g/mol. The van der Waals surface area contributed by atoms with E-state index in [0.29, 0.717) is 24.5 Å². The Morgan fingerprint density at radius 2 is 1.93 bits per heavy atom. The van der Waals surface area contributed by atoms with Crippen molar-refractivity contribution in [1.82, 2.24) is 20.3 Å². The summed E-state index contributed by atoms with van der Waals surface area (Å²) in [4.78, 5) is 15.0. The summed E-state index contributed by atoms with van der Waals surface area (Å²) in [6, 6.07) is 9.59. The number of anilines is 1. The van der Waals surface area contributed by atoms with Gasteiger partial charge in [-0.2, -0.15) is 0 Å². The SMILES string of the molecule is CNCc1cc2nc(-c3cc(CS(C)(=O)=O)cc(N4CCOCC4)n3)ccc2[nH]1. The van der Waals surface area contributed by atoms with Crippen LogP contribution in [-0.4, -0.2) is 63.0 Å². The van der Waals surface area contributed by atoms with Crippen molar-refractivity contribution in [3.05, 3.63) is 41.6 Å². The van der Waals surface area contributed by atoms with Gasteiger partial charge in [-0.05, 0) is 42.9 Å². The summed E-state index contributed by atoms with van der Waals surface area (Å²) in [6.07, 6.45) is 1.24. The highest BCUT2D eigenvalue weighted by Crippen LogP contribution is 2.25. The lowest BCUT2D eigenvalue weighted by Crippen LogP contribution is -2.36. The summed E-state index contributed by atoms with van der Waals surface area (Å²) in [5.41, 5.74) is 4.98. The molecule has 0 unspecified atom stereocenters. The number of morpholine rings is 1. The second-order valence-corrected chi connectivity index (χ2v) is 9.48. The highest BCUT2D eigenvalue weighted by Gasteiger charge is 2.17. The minimum atomic E-state index is -3.16. The van der Waals surface area contributed by atoms with Crippen LogP contribution in [-0.2, 0) is 26.9 Å². The molecule has 154 valence electrons. The lowest BCUT2D eigenvalue weighted by Gasteiger charge is -2.28. The Labute approximate surface area is 170 Å². The van der Waals surface area contributed by atoms with E-state index in [1.807, 2.05) is 37.4 Å². The van der Waals surface area contributed by atoms with E-state index in [4.69, 9.17) is 14.7 Å². The first-order valence-electron chi connectivity index (χ1n) is 9.56. The van der Waals surface area contributed by atoms with E-state index < -0.39 is 9.84 Å². The topological polar surface area (TPSA) is 100 Å². The van der Waals surface area contributed by atoms with Crippen molar-refractivity contribution in [1.29, 1.82) is 0 Å². The second-order valence-electron chi connectivity index (χ2n) is 7.34. The largest absolute Gasteiger partial charge is 0.378 e. The van der Waals surface area contributed by atoms with Gasteiger partial charge in [-0.3, -0.25) is 0 Å². The van der Waals surface area contributed by atoms with Crippen LogP contribution in [0.15, 0.2) is 30.3 Å². The smallest absolute Gasteiger partial charge is 0.151 e. The Morgan fingerprint density at radius 3 is 2.66 bits per heavy atom. The molecule has 9 heteroatoms. The minimum Gasteiger partial charge on any atom is -0.378 e. The van der Waals surface area contributed by atoms with Crippen LogP contribution in [0.3, 0.4) is 0 Å². The van der Waals surface area contributed by atoms with Crippen LogP contribution in [0.25, 0.3) is 22.4 Å². The van der Waals surface area contributed by atoms with E-state index in [1.165, 1.54) is 6.26 Å². The maximum atomic E-state index is 11.9. The normalized spacial score (nSPS) is 15.2. The first kappa shape index (κ1) is 19.8. The van der Waals surface area contributed by atoms with Gasteiger partial charge in [0.25, 0.3) is 0 Å². The van der Waals surface area contributed by atoms with Crippen molar-refractivity contribution in [3.63, 3.8) is 0 Å². The van der Waals surface area contributed by atoms with Gasteiger partial charge < -0.3 is 19.9 Å². The highest BCUT2D eigenvalue weighted by atomic mass is 32.2. The molecule has 4 rings (SSSR count). The predicted octanol–water partition coefficient (Wildman–Crippen LogP) is 1.73. The standard InChI is InChI=1S/C20H25N5O3S/c1-21-12-15-11-19-16(22-15)3-4-17(23-19)18-9-14(13-29(2,26)27)10-20(24-18)25-5-7-28-8-6-25/h3-4,9-11,21-22H,5-8,12-13H2,1-2H3. The Balaban J connectivity index is 1.76. The van der Waals surface area contributed by atoms with Crippen LogP contribution in [0.5, 0.6) is 0 Å². The van der Waals surface area contributed by atoms with Crippen LogP contribution >= 0.6 is 0 Å². The molecule has 0 radical (unpaired) electrons. The summed E-state index contributed by atoms with van der Waals surface area (Å²) in [7, 11) is -1.27. The Morgan fingerprint density at radius 1 is 1.14 bits per heavy atom. The molecule has 29 heavy (non-hydrogen) atoms. The molecule has 1 fully saturated rings. The lowest BCUT2D eigenvalue weighted by molar-refractivity contribution is 0.122. The molecule has 0 bridgehead atoms. The van der Waals surface area contributed by atoms with E-state index in [9.17, 15) is 8.42 Å². The number of fused-ring (bicyclic) bond motifs is 1. The van der Waals surface area contributed by atoms with Gasteiger partial charge in [-0.15, -0.1) is 0 Å².